The Morgan fingerprint density at radius 1 is 1.45 bits per heavy atom. The van der Waals surface area contributed by atoms with Crippen molar-refractivity contribution >= 4 is 11.6 Å². The molecule has 0 aromatic carbocycles. The Kier molecular flexibility index (Phi) is 2.28. The molecular formula is C7H6ClF3. The summed E-state index contributed by atoms with van der Waals surface area (Å²) in [6.45, 7) is 1.31. The quantitative estimate of drug-likeness (QED) is 0.540. The van der Waals surface area contributed by atoms with Crippen LogP contribution < -0.4 is 0 Å². The van der Waals surface area contributed by atoms with E-state index in [2.05, 4.69) is 0 Å². The molecule has 0 saturated carbocycles. The van der Waals surface area contributed by atoms with Gasteiger partial charge in [-0.1, -0.05) is 18.5 Å². The number of rotatable bonds is 0. The molecule has 0 N–H and O–H groups in total. The van der Waals surface area contributed by atoms with Gasteiger partial charge in [0, 0.05) is 5.92 Å². The van der Waals surface area contributed by atoms with Gasteiger partial charge >= 0.3 is 0 Å². The van der Waals surface area contributed by atoms with E-state index in [4.69, 9.17) is 11.6 Å². The Morgan fingerprint density at radius 2 is 2.00 bits per heavy atom. The highest BCUT2D eigenvalue weighted by Gasteiger charge is 2.28. The van der Waals surface area contributed by atoms with E-state index in [1.54, 1.807) is 0 Å². The smallest absolute Gasteiger partial charge is 0.143 e. The predicted molar refractivity (Wildman–Crippen MR) is 37.2 cm³/mol. The second-order valence-electron chi connectivity index (χ2n) is 2.41. The van der Waals surface area contributed by atoms with Crippen molar-refractivity contribution in [3.8, 4) is 0 Å². The van der Waals surface area contributed by atoms with Gasteiger partial charge in [0.15, 0.2) is 0 Å². The summed E-state index contributed by atoms with van der Waals surface area (Å²) in [5.41, 5.74) is 0. The normalized spacial score (nSPS) is 32.3. The van der Waals surface area contributed by atoms with Crippen LogP contribution in [0, 0.1) is 5.92 Å². The van der Waals surface area contributed by atoms with E-state index < -0.39 is 28.8 Å². The highest BCUT2D eigenvalue weighted by Crippen LogP contribution is 2.35. The van der Waals surface area contributed by atoms with Gasteiger partial charge in [0.1, 0.15) is 22.9 Å². The van der Waals surface area contributed by atoms with E-state index >= 15 is 0 Å². The third-order valence-corrected chi connectivity index (χ3v) is 1.96. The molecule has 0 aliphatic heterocycles. The van der Waals surface area contributed by atoms with E-state index in [1.165, 1.54) is 6.92 Å². The summed E-state index contributed by atoms with van der Waals surface area (Å²) >= 11 is 5.17. The molecule has 0 aromatic heterocycles. The van der Waals surface area contributed by atoms with E-state index in [-0.39, 0.29) is 0 Å². The van der Waals surface area contributed by atoms with E-state index in [1.807, 2.05) is 0 Å². The van der Waals surface area contributed by atoms with Crippen LogP contribution in [0.3, 0.4) is 0 Å². The minimum atomic E-state index is -1.61. The van der Waals surface area contributed by atoms with Crippen LogP contribution in [0.5, 0.6) is 0 Å². The van der Waals surface area contributed by atoms with E-state index in [0.29, 0.717) is 6.08 Å². The third kappa shape index (κ3) is 1.43. The SMILES string of the molecule is CC1C(F)=C(Cl)C(F)=CC1F. The fraction of sp³-hybridized carbons (Fsp3) is 0.429. The first-order valence-corrected chi connectivity index (χ1v) is 3.48. The van der Waals surface area contributed by atoms with Gasteiger partial charge < -0.3 is 0 Å². The highest BCUT2D eigenvalue weighted by atomic mass is 35.5. The van der Waals surface area contributed by atoms with Crippen LogP contribution in [-0.4, -0.2) is 6.17 Å². The standard InChI is InChI=1S/C7H6ClF3/c1-3-4(9)2-5(10)6(8)7(3)11/h2-4H,1H3. The predicted octanol–water partition coefficient (Wildman–Crippen LogP) is 3.25. The number of hydrogen-bond donors (Lipinski definition) is 0. The van der Waals surface area contributed by atoms with Gasteiger partial charge in [-0.05, 0) is 6.08 Å². The van der Waals surface area contributed by atoms with E-state index in [9.17, 15) is 13.2 Å². The molecule has 0 nitrogen and oxygen atoms in total. The zero-order chi connectivity index (χ0) is 8.59. The summed E-state index contributed by atoms with van der Waals surface area (Å²) < 4.78 is 37.7. The van der Waals surface area contributed by atoms with Gasteiger partial charge in [0.05, 0.1) is 0 Å². The van der Waals surface area contributed by atoms with Crippen molar-refractivity contribution < 1.29 is 13.2 Å². The van der Waals surface area contributed by atoms with Crippen molar-refractivity contribution in [2.75, 3.05) is 0 Å². The Hall–Kier alpha value is -0.440. The van der Waals surface area contributed by atoms with Crippen LogP contribution in [0.1, 0.15) is 6.92 Å². The number of alkyl halides is 1. The summed E-state index contributed by atoms with van der Waals surface area (Å²) in [5, 5.41) is -0.605. The van der Waals surface area contributed by atoms with E-state index in [0.717, 1.165) is 0 Å². The maximum Gasteiger partial charge on any atom is 0.143 e. The van der Waals surface area contributed by atoms with Gasteiger partial charge in [-0.25, -0.2) is 13.2 Å². The van der Waals surface area contributed by atoms with Crippen molar-refractivity contribution in [2.24, 2.45) is 5.92 Å². The molecule has 0 saturated heterocycles. The maximum atomic E-state index is 12.7. The van der Waals surface area contributed by atoms with Gasteiger partial charge in [-0.2, -0.15) is 0 Å². The zero-order valence-electron chi connectivity index (χ0n) is 5.74. The molecule has 62 valence electrons. The van der Waals surface area contributed by atoms with Crippen LogP contribution >= 0.6 is 11.6 Å². The molecule has 1 rings (SSSR count). The summed E-state index contributed by atoms with van der Waals surface area (Å²) in [6.07, 6.45) is -0.937. The summed E-state index contributed by atoms with van der Waals surface area (Å²) in [7, 11) is 0. The molecule has 0 aromatic rings. The lowest BCUT2D eigenvalue weighted by molar-refractivity contribution is 0.283. The summed E-state index contributed by atoms with van der Waals surface area (Å²) in [4.78, 5) is 0. The number of hydrogen-bond acceptors (Lipinski definition) is 0. The fourth-order valence-corrected chi connectivity index (χ4v) is 1.05. The molecule has 0 amide bonds. The Labute approximate surface area is 67.3 Å². The van der Waals surface area contributed by atoms with Crippen molar-refractivity contribution in [1.29, 1.82) is 0 Å². The summed E-state index contributed by atoms with van der Waals surface area (Å²) in [5.74, 6) is -2.91. The minimum Gasteiger partial charge on any atom is -0.242 e. The lowest BCUT2D eigenvalue weighted by atomic mass is 9.99. The largest absolute Gasteiger partial charge is 0.242 e. The van der Waals surface area contributed by atoms with Gasteiger partial charge in [0.2, 0.25) is 0 Å². The monoisotopic (exact) mass is 182 g/mol. The summed E-state index contributed by atoms with van der Waals surface area (Å²) in [6, 6.07) is 0. The number of halogens is 4. The van der Waals surface area contributed by atoms with Crippen LogP contribution in [-0.2, 0) is 0 Å². The lowest BCUT2D eigenvalue weighted by Gasteiger charge is -2.17. The third-order valence-electron chi connectivity index (χ3n) is 1.60. The molecule has 0 bridgehead atoms. The van der Waals surface area contributed by atoms with Gasteiger partial charge in [-0.15, -0.1) is 0 Å². The second-order valence-corrected chi connectivity index (χ2v) is 2.79. The average Bonchev–Trinajstić information content (AvgIpc) is 1.97. The van der Waals surface area contributed by atoms with Crippen LogP contribution in [0.2, 0.25) is 0 Å². The molecule has 1 aliphatic carbocycles. The van der Waals surface area contributed by atoms with Gasteiger partial charge in [-0.3, -0.25) is 0 Å². The fourth-order valence-electron chi connectivity index (χ4n) is 0.811. The van der Waals surface area contributed by atoms with Crippen molar-refractivity contribution in [3.05, 3.63) is 22.8 Å². The molecule has 0 fully saturated rings. The van der Waals surface area contributed by atoms with Crippen LogP contribution in [0.25, 0.3) is 0 Å². The molecule has 4 heteroatoms. The molecule has 0 radical (unpaired) electrons. The first kappa shape index (κ1) is 8.65. The topological polar surface area (TPSA) is 0 Å². The molecule has 2 atom stereocenters. The molecule has 2 unspecified atom stereocenters. The van der Waals surface area contributed by atoms with Gasteiger partial charge in [0.25, 0.3) is 0 Å². The number of allylic oxidation sites excluding steroid dienone is 4. The zero-order valence-corrected chi connectivity index (χ0v) is 6.50. The highest BCUT2D eigenvalue weighted by molar-refractivity contribution is 6.32. The Morgan fingerprint density at radius 3 is 2.55 bits per heavy atom. The molecule has 1 aliphatic rings. The molecular weight excluding hydrogens is 177 g/mol. The lowest BCUT2D eigenvalue weighted by Crippen LogP contribution is -2.15. The first-order chi connectivity index (χ1) is 5.04. The molecule has 0 spiro atoms. The van der Waals surface area contributed by atoms with Crippen LogP contribution in [0.4, 0.5) is 13.2 Å². The van der Waals surface area contributed by atoms with Crippen molar-refractivity contribution in [3.63, 3.8) is 0 Å². The second kappa shape index (κ2) is 2.89. The Bertz CT molecular complexity index is 232. The van der Waals surface area contributed by atoms with Crippen molar-refractivity contribution in [1.82, 2.24) is 0 Å². The first-order valence-electron chi connectivity index (χ1n) is 3.11. The molecule has 11 heavy (non-hydrogen) atoms. The average molecular weight is 183 g/mol. The minimum absolute atomic E-state index is 0.605. The molecule has 0 heterocycles. The van der Waals surface area contributed by atoms with Crippen molar-refractivity contribution in [2.45, 2.75) is 13.1 Å². The van der Waals surface area contributed by atoms with Crippen LogP contribution in [0.15, 0.2) is 22.8 Å². The Balaban J connectivity index is 3.02. The maximum absolute atomic E-state index is 12.7.